The largest absolute Gasteiger partial charge is 0.322 e. The standard InChI is InChI=1S/C17H17NOS/c1-13-8-10-16(11-9-13)20-12-14(2)17(19)18-15-6-4-3-5-7-15/h3-12H,1-2H3,(H,18,19)/b14-12+. The van der Waals surface area contributed by atoms with Crippen molar-refractivity contribution in [2.24, 2.45) is 0 Å². The molecule has 0 radical (unpaired) electrons. The van der Waals surface area contributed by atoms with Crippen LogP contribution >= 0.6 is 11.8 Å². The molecule has 2 nitrogen and oxygen atoms in total. The molecule has 3 heteroatoms. The fraction of sp³-hybridized carbons (Fsp3) is 0.118. The first-order valence-corrected chi connectivity index (χ1v) is 7.29. The summed E-state index contributed by atoms with van der Waals surface area (Å²) in [5, 5.41) is 4.74. The van der Waals surface area contributed by atoms with Crippen LogP contribution in [-0.4, -0.2) is 5.91 Å². The van der Waals surface area contributed by atoms with Crippen LogP contribution in [0.3, 0.4) is 0 Å². The van der Waals surface area contributed by atoms with E-state index in [4.69, 9.17) is 0 Å². The lowest BCUT2D eigenvalue weighted by atomic mass is 10.2. The third kappa shape index (κ3) is 4.28. The van der Waals surface area contributed by atoms with E-state index < -0.39 is 0 Å². The van der Waals surface area contributed by atoms with Crippen LogP contribution in [0, 0.1) is 6.92 Å². The van der Waals surface area contributed by atoms with Crippen molar-refractivity contribution in [3.05, 3.63) is 71.1 Å². The maximum absolute atomic E-state index is 12.0. The highest BCUT2D eigenvalue weighted by Gasteiger charge is 2.04. The van der Waals surface area contributed by atoms with Gasteiger partial charge in [0.15, 0.2) is 0 Å². The fourth-order valence-corrected chi connectivity index (χ4v) is 2.29. The SMILES string of the molecule is C/C(=C\Sc1ccc(C)cc1)C(=O)Nc1ccccc1. The number of hydrogen-bond donors (Lipinski definition) is 1. The monoisotopic (exact) mass is 283 g/mol. The molecule has 0 heterocycles. The first-order valence-electron chi connectivity index (χ1n) is 6.41. The van der Waals surface area contributed by atoms with E-state index in [9.17, 15) is 4.79 Å². The number of benzene rings is 2. The van der Waals surface area contributed by atoms with E-state index in [0.29, 0.717) is 5.57 Å². The summed E-state index contributed by atoms with van der Waals surface area (Å²) in [6.45, 7) is 3.88. The predicted molar refractivity (Wildman–Crippen MR) is 85.9 cm³/mol. The van der Waals surface area contributed by atoms with Gasteiger partial charge in [-0.2, -0.15) is 0 Å². The van der Waals surface area contributed by atoms with Crippen LogP contribution in [-0.2, 0) is 4.79 Å². The van der Waals surface area contributed by atoms with Crippen molar-refractivity contribution in [1.29, 1.82) is 0 Å². The molecule has 0 spiro atoms. The molecule has 1 N–H and O–H groups in total. The second kappa shape index (κ2) is 6.96. The van der Waals surface area contributed by atoms with Gasteiger partial charge in [-0.15, -0.1) is 0 Å². The van der Waals surface area contributed by atoms with Crippen LogP contribution in [0.2, 0.25) is 0 Å². The second-order valence-corrected chi connectivity index (χ2v) is 5.49. The molecule has 2 aromatic carbocycles. The number of anilines is 1. The summed E-state index contributed by atoms with van der Waals surface area (Å²) in [5.41, 5.74) is 2.74. The Hall–Kier alpha value is -2.00. The zero-order valence-corrected chi connectivity index (χ0v) is 12.4. The van der Waals surface area contributed by atoms with Gasteiger partial charge in [0.25, 0.3) is 5.91 Å². The lowest BCUT2D eigenvalue weighted by Gasteiger charge is -2.05. The van der Waals surface area contributed by atoms with Gasteiger partial charge in [-0.3, -0.25) is 4.79 Å². The number of rotatable bonds is 4. The third-order valence-corrected chi connectivity index (χ3v) is 3.80. The molecule has 0 saturated heterocycles. The van der Waals surface area contributed by atoms with Crippen LogP contribution in [0.4, 0.5) is 5.69 Å². The molecule has 0 atom stereocenters. The normalized spacial score (nSPS) is 11.2. The molecule has 0 saturated carbocycles. The van der Waals surface area contributed by atoms with Gasteiger partial charge in [0, 0.05) is 16.2 Å². The number of thioether (sulfide) groups is 1. The minimum absolute atomic E-state index is 0.0733. The fourth-order valence-electron chi connectivity index (χ4n) is 1.58. The Balaban J connectivity index is 1.96. The molecule has 102 valence electrons. The Morgan fingerprint density at radius 3 is 2.35 bits per heavy atom. The molecular formula is C17H17NOS. The Labute approximate surface area is 123 Å². The summed E-state index contributed by atoms with van der Waals surface area (Å²) in [4.78, 5) is 13.1. The molecule has 0 fully saturated rings. The number of carbonyl (C=O) groups is 1. The number of carbonyl (C=O) groups excluding carboxylic acids is 1. The summed E-state index contributed by atoms with van der Waals surface area (Å²) in [6.07, 6.45) is 0. The molecule has 0 aliphatic heterocycles. The highest BCUT2D eigenvalue weighted by atomic mass is 32.2. The topological polar surface area (TPSA) is 29.1 Å². The molecule has 2 aromatic rings. The molecule has 0 bridgehead atoms. The smallest absolute Gasteiger partial charge is 0.251 e. The molecule has 0 aromatic heterocycles. The Kier molecular flexibility index (Phi) is 5.02. The first kappa shape index (κ1) is 14.4. The molecule has 20 heavy (non-hydrogen) atoms. The summed E-state index contributed by atoms with van der Waals surface area (Å²) in [7, 11) is 0. The summed E-state index contributed by atoms with van der Waals surface area (Å²) in [5.74, 6) is -0.0733. The summed E-state index contributed by atoms with van der Waals surface area (Å²) < 4.78 is 0. The van der Waals surface area contributed by atoms with Gasteiger partial charge in [0.2, 0.25) is 0 Å². The van der Waals surface area contributed by atoms with Crippen molar-refractivity contribution in [2.45, 2.75) is 18.7 Å². The molecule has 0 aliphatic carbocycles. The van der Waals surface area contributed by atoms with Crippen LogP contribution in [0.15, 0.2) is 70.5 Å². The molecule has 0 aliphatic rings. The number of para-hydroxylation sites is 1. The first-order chi connectivity index (χ1) is 9.65. The Morgan fingerprint density at radius 2 is 1.70 bits per heavy atom. The zero-order chi connectivity index (χ0) is 14.4. The van der Waals surface area contributed by atoms with Crippen molar-refractivity contribution < 1.29 is 4.79 Å². The third-order valence-electron chi connectivity index (χ3n) is 2.78. The van der Waals surface area contributed by atoms with E-state index in [1.54, 1.807) is 11.8 Å². The van der Waals surface area contributed by atoms with Crippen LogP contribution in [0.1, 0.15) is 12.5 Å². The lowest BCUT2D eigenvalue weighted by molar-refractivity contribution is -0.112. The Bertz CT molecular complexity index is 603. The van der Waals surface area contributed by atoms with Crippen LogP contribution < -0.4 is 5.32 Å². The van der Waals surface area contributed by atoms with Gasteiger partial charge in [-0.05, 0) is 43.5 Å². The summed E-state index contributed by atoms with van der Waals surface area (Å²) >= 11 is 1.55. The number of aryl methyl sites for hydroxylation is 1. The van der Waals surface area contributed by atoms with E-state index in [1.165, 1.54) is 5.56 Å². The van der Waals surface area contributed by atoms with Crippen molar-refractivity contribution in [1.82, 2.24) is 0 Å². The van der Waals surface area contributed by atoms with Crippen molar-refractivity contribution in [2.75, 3.05) is 5.32 Å². The van der Waals surface area contributed by atoms with Gasteiger partial charge in [0.1, 0.15) is 0 Å². The maximum Gasteiger partial charge on any atom is 0.251 e. The second-order valence-electron chi connectivity index (χ2n) is 4.55. The summed E-state index contributed by atoms with van der Waals surface area (Å²) in [6, 6.07) is 17.7. The Morgan fingerprint density at radius 1 is 1.05 bits per heavy atom. The average molecular weight is 283 g/mol. The molecule has 1 amide bonds. The highest BCUT2D eigenvalue weighted by molar-refractivity contribution is 8.02. The maximum atomic E-state index is 12.0. The van der Waals surface area contributed by atoms with E-state index >= 15 is 0 Å². The van der Waals surface area contributed by atoms with Gasteiger partial charge in [-0.1, -0.05) is 47.7 Å². The van der Waals surface area contributed by atoms with Gasteiger partial charge >= 0.3 is 0 Å². The van der Waals surface area contributed by atoms with Crippen molar-refractivity contribution in [3.8, 4) is 0 Å². The quantitative estimate of drug-likeness (QED) is 0.654. The minimum Gasteiger partial charge on any atom is -0.322 e. The average Bonchev–Trinajstić information content (AvgIpc) is 2.47. The number of hydrogen-bond acceptors (Lipinski definition) is 2. The minimum atomic E-state index is -0.0733. The molecule has 0 unspecified atom stereocenters. The van der Waals surface area contributed by atoms with Crippen LogP contribution in [0.5, 0.6) is 0 Å². The van der Waals surface area contributed by atoms with E-state index in [1.807, 2.05) is 42.7 Å². The predicted octanol–water partition coefficient (Wildman–Crippen LogP) is 4.63. The van der Waals surface area contributed by atoms with Gasteiger partial charge < -0.3 is 5.32 Å². The number of nitrogens with one attached hydrogen (secondary N) is 1. The highest BCUT2D eigenvalue weighted by Crippen LogP contribution is 2.21. The van der Waals surface area contributed by atoms with E-state index in [0.717, 1.165) is 10.6 Å². The van der Waals surface area contributed by atoms with Gasteiger partial charge in [-0.25, -0.2) is 0 Å². The van der Waals surface area contributed by atoms with Crippen LogP contribution in [0.25, 0.3) is 0 Å². The van der Waals surface area contributed by atoms with E-state index in [2.05, 4.69) is 36.5 Å². The number of amides is 1. The van der Waals surface area contributed by atoms with Gasteiger partial charge in [0.05, 0.1) is 0 Å². The van der Waals surface area contributed by atoms with Crippen molar-refractivity contribution >= 4 is 23.4 Å². The molecular weight excluding hydrogens is 266 g/mol. The lowest BCUT2D eigenvalue weighted by Crippen LogP contribution is -2.12. The van der Waals surface area contributed by atoms with E-state index in [-0.39, 0.29) is 5.91 Å². The zero-order valence-electron chi connectivity index (χ0n) is 11.6. The molecule has 2 rings (SSSR count). The van der Waals surface area contributed by atoms with Crippen molar-refractivity contribution in [3.63, 3.8) is 0 Å².